The number of hydrogen-bond donors (Lipinski definition) is 1. The van der Waals surface area contributed by atoms with Crippen molar-refractivity contribution >= 4 is 23.0 Å². The number of ether oxygens (including phenoxy) is 2. The van der Waals surface area contributed by atoms with Gasteiger partial charge in [-0.25, -0.2) is 0 Å². The average molecular weight is 422 g/mol. The van der Waals surface area contributed by atoms with Gasteiger partial charge in [-0.1, -0.05) is 24.3 Å². The standard InChI is InChI=1S/C24H27N3O2S/c1-4-29-21-10-8-19(9-11-21)16-27(17-20-6-5-13-25-15-20)24(30)26-22-14-18(2)7-12-23(22)28-3/h5-15H,4,16-17H2,1-3H3,(H,26,30). The highest BCUT2D eigenvalue weighted by atomic mass is 32.1. The Labute approximate surface area is 183 Å². The number of aromatic nitrogens is 1. The fraction of sp³-hybridized carbons (Fsp3) is 0.250. The molecule has 3 rings (SSSR count). The minimum absolute atomic E-state index is 0.622. The third-order valence-corrected chi connectivity index (χ3v) is 4.95. The molecule has 6 heteroatoms. The topological polar surface area (TPSA) is 46.6 Å². The monoisotopic (exact) mass is 421 g/mol. The summed E-state index contributed by atoms with van der Waals surface area (Å²) in [5, 5.41) is 3.98. The normalized spacial score (nSPS) is 10.4. The van der Waals surface area contributed by atoms with Gasteiger partial charge in [0.25, 0.3) is 0 Å². The maximum Gasteiger partial charge on any atom is 0.174 e. The van der Waals surface area contributed by atoms with E-state index >= 15 is 0 Å². The Balaban J connectivity index is 1.81. The summed E-state index contributed by atoms with van der Waals surface area (Å²) in [4.78, 5) is 6.35. The third kappa shape index (κ3) is 5.94. The summed E-state index contributed by atoms with van der Waals surface area (Å²) in [6, 6.07) is 18.1. The predicted molar refractivity (Wildman–Crippen MR) is 125 cm³/mol. The average Bonchev–Trinajstić information content (AvgIpc) is 2.76. The highest BCUT2D eigenvalue weighted by Crippen LogP contribution is 2.26. The minimum atomic E-state index is 0.622. The van der Waals surface area contributed by atoms with Gasteiger partial charge in [0, 0.05) is 25.5 Å². The summed E-state index contributed by atoms with van der Waals surface area (Å²) < 4.78 is 11.0. The van der Waals surface area contributed by atoms with Crippen LogP contribution < -0.4 is 14.8 Å². The number of nitrogens with one attached hydrogen (secondary N) is 1. The van der Waals surface area contributed by atoms with Crippen molar-refractivity contribution in [1.82, 2.24) is 9.88 Å². The van der Waals surface area contributed by atoms with Gasteiger partial charge in [0.15, 0.2) is 5.11 Å². The highest BCUT2D eigenvalue weighted by molar-refractivity contribution is 7.80. The number of pyridine rings is 1. The largest absolute Gasteiger partial charge is 0.495 e. The molecule has 156 valence electrons. The Morgan fingerprint density at radius 3 is 2.50 bits per heavy atom. The lowest BCUT2D eigenvalue weighted by Crippen LogP contribution is -2.34. The molecule has 0 aliphatic heterocycles. The van der Waals surface area contributed by atoms with E-state index in [0.29, 0.717) is 24.8 Å². The summed E-state index contributed by atoms with van der Waals surface area (Å²) in [7, 11) is 1.66. The van der Waals surface area contributed by atoms with Crippen molar-refractivity contribution < 1.29 is 9.47 Å². The summed E-state index contributed by atoms with van der Waals surface area (Å²) in [5.74, 6) is 1.62. The molecule has 0 spiro atoms. The van der Waals surface area contributed by atoms with Crippen molar-refractivity contribution in [2.24, 2.45) is 0 Å². The zero-order valence-corrected chi connectivity index (χ0v) is 18.4. The summed E-state index contributed by atoms with van der Waals surface area (Å²) >= 11 is 5.79. The van der Waals surface area contributed by atoms with Crippen LogP contribution in [0.4, 0.5) is 5.69 Å². The van der Waals surface area contributed by atoms with Crippen LogP contribution in [-0.2, 0) is 13.1 Å². The second-order valence-corrected chi connectivity index (χ2v) is 7.31. The number of rotatable bonds is 8. The molecule has 1 aromatic heterocycles. The molecule has 30 heavy (non-hydrogen) atoms. The van der Waals surface area contributed by atoms with Crippen LogP contribution in [0, 0.1) is 6.92 Å². The van der Waals surface area contributed by atoms with E-state index in [9.17, 15) is 0 Å². The summed E-state index contributed by atoms with van der Waals surface area (Å²) in [6.45, 7) is 5.97. The lowest BCUT2D eigenvalue weighted by Gasteiger charge is -2.27. The molecule has 0 bridgehead atoms. The van der Waals surface area contributed by atoms with Gasteiger partial charge in [-0.15, -0.1) is 0 Å². The van der Waals surface area contributed by atoms with Crippen LogP contribution in [0.5, 0.6) is 11.5 Å². The number of methoxy groups -OCH3 is 1. The molecule has 1 heterocycles. The molecule has 0 unspecified atom stereocenters. The van der Waals surface area contributed by atoms with E-state index in [0.717, 1.165) is 33.9 Å². The first-order chi connectivity index (χ1) is 14.6. The van der Waals surface area contributed by atoms with E-state index in [1.165, 1.54) is 0 Å². The number of benzene rings is 2. The number of nitrogens with zero attached hydrogens (tertiary/aromatic N) is 2. The van der Waals surface area contributed by atoms with E-state index < -0.39 is 0 Å². The van der Waals surface area contributed by atoms with Gasteiger partial charge in [0.05, 0.1) is 19.4 Å². The van der Waals surface area contributed by atoms with Crippen LogP contribution in [0.2, 0.25) is 0 Å². The van der Waals surface area contributed by atoms with Crippen molar-refractivity contribution in [3.8, 4) is 11.5 Å². The first-order valence-electron chi connectivity index (χ1n) is 9.90. The van der Waals surface area contributed by atoms with Crippen LogP contribution in [0.15, 0.2) is 67.0 Å². The second kappa shape index (κ2) is 10.6. The smallest absolute Gasteiger partial charge is 0.174 e. The molecule has 0 fully saturated rings. The first kappa shape index (κ1) is 21.6. The van der Waals surface area contributed by atoms with E-state index in [-0.39, 0.29) is 0 Å². The molecule has 0 saturated heterocycles. The zero-order chi connectivity index (χ0) is 21.3. The van der Waals surface area contributed by atoms with E-state index in [2.05, 4.69) is 27.3 Å². The van der Waals surface area contributed by atoms with E-state index in [4.69, 9.17) is 21.7 Å². The van der Waals surface area contributed by atoms with Gasteiger partial charge in [-0.05, 0) is 73.1 Å². The quantitative estimate of drug-likeness (QED) is 0.505. The number of anilines is 1. The van der Waals surface area contributed by atoms with Gasteiger partial charge >= 0.3 is 0 Å². The number of aryl methyl sites for hydroxylation is 1. The maximum absolute atomic E-state index is 5.79. The van der Waals surface area contributed by atoms with Crippen LogP contribution in [0.1, 0.15) is 23.6 Å². The molecule has 0 aliphatic carbocycles. The molecule has 0 aliphatic rings. The molecule has 0 amide bonds. The number of thiocarbonyl (C=S) groups is 1. The lowest BCUT2D eigenvalue weighted by molar-refractivity contribution is 0.340. The Morgan fingerprint density at radius 1 is 1.07 bits per heavy atom. The molecule has 2 aromatic carbocycles. The fourth-order valence-corrected chi connectivity index (χ4v) is 3.34. The fourth-order valence-electron chi connectivity index (χ4n) is 3.10. The molecule has 0 atom stereocenters. The van der Waals surface area contributed by atoms with Crippen LogP contribution in [0.25, 0.3) is 0 Å². The molecular formula is C24H27N3O2S. The maximum atomic E-state index is 5.79. The number of hydrogen-bond acceptors (Lipinski definition) is 4. The van der Waals surface area contributed by atoms with Crippen molar-refractivity contribution in [3.05, 3.63) is 83.7 Å². The van der Waals surface area contributed by atoms with Gasteiger partial charge in [-0.2, -0.15) is 0 Å². The van der Waals surface area contributed by atoms with Crippen molar-refractivity contribution in [1.29, 1.82) is 0 Å². The van der Waals surface area contributed by atoms with Crippen molar-refractivity contribution in [2.75, 3.05) is 19.0 Å². The van der Waals surface area contributed by atoms with Crippen LogP contribution in [-0.4, -0.2) is 28.7 Å². The van der Waals surface area contributed by atoms with Crippen molar-refractivity contribution in [3.63, 3.8) is 0 Å². The zero-order valence-electron chi connectivity index (χ0n) is 17.6. The van der Waals surface area contributed by atoms with Crippen molar-refractivity contribution in [2.45, 2.75) is 26.9 Å². The Kier molecular flexibility index (Phi) is 7.63. The Bertz CT molecular complexity index is 962. The molecule has 3 aromatic rings. The first-order valence-corrected chi connectivity index (χ1v) is 10.3. The van der Waals surface area contributed by atoms with Gasteiger partial charge < -0.3 is 19.7 Å². The minimum Gasteiger partial charge on any atom is -0.495 e. The van der Waals surface area contributed by atoms with Gasteiger partial charge in [0.2, 0.25) is 0 Å². The SMILES string of the molecule is CCOc1ccc(CN(Cc2cccnc2)C(=S)Nc2cc(C)ccc2OC)cc1. The molecule has 5 nitrogen and oxygen atoms in total. The van der Waals surface area contributed by atoms with Crippen LogP contribution >= 0.6 is 12.2 Å². The third-order valence-electron chi connectivity index (χ3n) is 4.59. The van der Waals surface area contributed by atoms with Gasteiger partial charge in [0.1, 0.15) is 11.5 Å². The molecule has 1 N–H and O–H groups in total. The van der Waals surface area contributed by atoms with Gasteiger partial charge in [-0.3, -0.25) is 4.98 Å². The molecule has 0 saturated carbocycles. The van der Waals surface area contributed by atoms with Crippen LogP contribution in [0.3, 0.4) is 0 Å². The van der Waals surface area contributed by atoms with E-state index in [1.807, 2.05) is 62.5 Å². The summed E-state index contributed by atoms with van der Waals surface area (Å²) in [5.41, 5.74) is 4.21. The second-order valence-electron chi connectivity index (χ2n) is 6.93. The van der Waals surface area contributed by atoms with E-state index in [1.54, 1.807) is 13.3 Å². The molecule has 0 radical (unpaired) electrons. The Morgan fingerprint density at radius 2 is 1.83 bits per heavy atom. The lowest BCUT2D eigenvalue weighted by atomic mass is 10.2. The molecular weight excluding hydrogens is 394 g/mol. The highest BCUT2D eigenvalue weighted by Gasteiger charge is 2.14. The summed E-state index contributed by atoms with van der Waals surface area (Å²) in [6.07, 6.45) is 3.63. The predicted octanol–water partition coefficient (Wildman–Crippen LogP) is 5.20. The Hall–Kier alpha value is -3.12.